The van der Waals surface area contributed by atoms with Crippen LogP contribution in [-0.4, -0.2) is 33.3 Å². The lowest BCUT2D eigenvalue weighted by molar-refractivity contribution is -0.136. The molecule has 0 fully saturated rings. The molecule has 1 amide bonds. The summed E-state index contributed by atoms with van der Waals surface area (Å²) in [5.74, 6) is -0.457. The number of amides is 1. The highest BCUT2D eigenvalue weighted by Gasteiger charge is 2.15. The molecule has 0 bridgehead atoms. The Labute approximate surface area is 204 Å². The number of carbonyl (C=O) groups is 2. The van der Waals surface area contributed by atoms with E-state index in [2.05, 4.69) is 17.3 Å². The van der Waals surface area contributed by atoms with Crippen molar-refractivity contribution in [3.05, 3.63) is 89.6 Å². The number of carboxylic acid groups (broad SMARTS) is 1. The molecule has 7 heteroatoms. The molecular weight excluding hydrogens is 442 g/mol. The van der Waals surface area contributed by atoms with E-state index in [0.717, 1.165) is 46.3 Å². The molecule has 0 radical (unpaired) electrons. The van der Waals surface area contributed by atoms with Crippen LogP contribution in [0.2, 0.25) is 0 Å². The maximum absolute atomic E-state index is 12.2. The van der Waals surface area contributed by atoms with Crippen molar-refractivity contribution >= 4 is 22.8 Å². The minimum absolute atomic E-state index is 0.0986. The number of fused-ring (bicyclic) bond motifs is 1. The van der Waals surface area contributed by atoms with E-state index >= 15 is 0 Å². The van der Waals surface area contributed by atoms with Crippen LogP contribution in [0, 0.1) is 6.92 Å². The summed E-state index contributed by atoms with van der Waals surface area (Å²) in [7, 11) is 0. The molecule has 1 heterocycles. The van der Waals surface area contributed by atoms with Gasteiger partial charge < -0.3 is 15.2 Å². The van der Waals surface area contributed by atoms with Crippen molar-refractivity contribution in [2.24, 2.45) is 0 Å². The molecule has 0 aliphatic carbocycles. The Kier molecular flexibility index (Phi) is 7.45. The number of carbonyl (C=O) groups excluding carboxylic acids is 1. The molecule has 1 unspecified atom stereocenters. The molecule has 1 aromatic heterocycles. The number of benzene rings is 3. The maximum Gasteiger partial charge on any atom is 0.305 e. The normalized spacial score (nSPS) is 11.8. The lowest BCUT2D eigenvalue weighted by atomic mass is 10.0. The van der Waals surface area contributed by atoms with Crippen LogP contribution in [0.5, 0.6) is 5.75 Å². The average molecular weight is 472 g/mol. The first kappa shape index (κ1) is 24.0. The van der Waals surface area contributed by atoms with Gasteiger partial charge in [0.25, 0.3) is 5.91 Å². The Balaban J connectivity index is 1.47. The summed E-state index contributed by atoms with van der Waals surface area (Å²) in [5, 5.41) is 17.1. The second kappa shape index (κ2) is 10.9. The Morgan fingerprint density at radius 1 is 1.09 bits per heavy atom. The summed E-state index contributed by atoms with van der Waals surface area (Å²) in [6, 6.07) is 21.3. The fraction of sp³-hybridized carbons (Fsp3) is 0.250. The lowest BCUT2D eigenvalue weighted by Gasteiger charge is -2.20. The van der Waals surface area contributed by atoms with Crippen molar-refractivity contribution < 1.29 is 19.4 Å². The van der Waals surface area contributed by atoms with Crippen LogP contribution < -0.4 is 10.1 Å². The van der Waals surface area contributed by atoms with Crippen LogP contribution in [0.1, 0.15) is 53.8 Å². The molecule has 0 saturated carbocycles. The Morgan fingerprint density at radius 2 is 1.86 bits per heavy atom. The number of aryl methyl sites for hydroxylation is 1. The Bertz CT molecular complexity index is 1290. The fourth-order valence-corrected chi connectivity index (χ4v) is 4.00. The first-order chi connectivity index (χ1) is 16.9. The van der Waals surface area contributed by atoms with Gasteiger partial charge in [0.15, 0.2) is 0 Å². The second-order valence-corrected chi connectivity index (χ2v) is 8.50. The Hall–Kier alpha value is -4.13. The van der Waals surface area contributed by atoms with Crippen LogP contribution in [0.3, 0.4) is 0 Å². The van der Waals surface area contributed by atoms with Crippen molar-refractivity contribution in [3.8, 4) is 11.4 Å². The van der Waals surface area contributed by atoms with Gasteiger partial charge in [-0.1, -0.05) is 43.7 Å². The van der Waals surface area contributed by atoms with Crippen molar-refractivity contribution in [2.45, 2.75) is 39.2 Å². The van der Waals surface area contributed by atoms with E-state index < -0.39 is 5.97 Å². The second-order valence-electron chi connectivity index (χ2n) is 8.50. The number of aliphatic carboxylic acids is 1. The molecular formula is C28H29N3O4. The maximum atomic E-state index is 12.2. The van der Waals surface area contributed by atoms with Gasteiger partial charge in [-0.2, -0.15) is 5.10 Å². The quantitative estimate of drug-likeness (QED) is 0.320. The van der Waals surface area contributed by atoms with Crippen LogP contribution in [0.4, 0.5) is 0 Å². The third-order valence-electron chi connectivity index (χ3n) is 5.83. The number of aromatic nitrogens is 2. The number of nitrogens with zero attached hydrogens (tertiary/aromatic N) is 2. The number of carboxylic acids is 1. The summed E-state index contributed by atoms with van der Waals surface area (Å²) in [4.78, 5) is 22.9. The van der Waals surface area contributed by atoms with E-state index in [9.17, 15) is 9.59 Å². The molecule has 35 heavy (non-hydrogen) atoms. The highest BCUT2D eigenvalue weighted by atomic mass is 16.5. The monoisotopic (exact) mass is 471 g/mol. The van der Waals surface area contributed by atoms with Gasteiger partial charge >= 0.3 is 5.97 Å². The zero-order valence-electron chi connectivity index (χ0n) is 19.9. The molecule has 4 rings (SSSR count). The lowest BCUT2D eigenvalue weighted by Crippen LogP contribution is -2.26. The zero-order chi connectivity index (χ0) is 24.8. The molecule has 0 aliphatic heterocycles. The molecule has 0 aliphatic rings. The molecule has 7 nitrogen and oxygen atoms in total. The number of nitrogens with one attached hydrogen (secondary N) is 1. The van der Waals surface area contributed by atoms with Gasteiger partial charge in [-0.25, -0.2) is 4.68 Å². The molecule has 2 N–H and O–H groups in total. The van der Waals surface area contributed by atoms with Gasteiger partial charge in [0, 0.05) is 23.7 Å². The molecule has 0 spiro atoms. The van der Waals surface area contributed by atoms with Gasteiger partial charge in [0.2, 0.25) is 0 Å². The first-order valence-electron chi connectivity index (χ1n) is 11.8. The van der Waals surface area contributed by atoms with Gasteiger partial charge in [0.05, 0.1) is 17.6 Å². The number of hydrogen-bond donors (Lipinski definition) is 2. The largest absolute Gasteiger partial charge is 0.486 e. The van der Waals surface area contributed by atoms with Gasteiger partial charge in [-0.05, 0) is 60.9 Å². The van der Waals surface area contributed by atoms with E-state index in [1.807, 2.05) is 72.4 Å². The van der Waals surface area contributed by atoms with Crippen molar-refractivity contribution in [3.63, 3.8) is 0 Å². The summed E-state index contributed by atoms with van der Waals surface area (Å²) in [6.45, 7) is 4.25. The number of ether oxygens (including phenoxy) is 1. The topological polar surface area (TPSA) is 93.5 Å². The van der Waals surface area contributed by atoms with E-state index in [1.165, 1.54) is 0 Å². The van der Waals surface area contributed by atoms with Gasteiger partial charge in [-0.3, -0.25) is 9.59 Å². The van der Waals surface area contributed by atoms with Gasteiger partial charge in [-0.15, -0.1) is 0 Å². The third kappa shape index (κ3) is 5.87. The highest BCUT2D eigenvalue weighted by Crippen LogP contribution is 2.29. The van der Waals surface area contributed by atoms with E-state index in [1.54, 1.807) is 12.1 Å². The number of rotatable bonds is 10. The average Bonchev–Trinajstić information content (AvgIpc) is 3.27. The smallest absolute Gasteiger partial charge is 0.305 e. The first-order valence-corrected chi connectivity index (χ1v) is 11.8. The predicted octanol–water partition coefficient (Wildman–Crippen LogP) is 5.46. The van der Waals surface area contributed by atoms with Gasteiger partial charge in [0.1, 0.15) is 11.9 Å². The minimum Gasteiger partial charge on any atom is -0.486 e. The summed E-state index contributed by atoms with van der Waals surface area (Å²) < 4.78 is 8.26. The minimum atomic E-state index is -0.943. The van der Waals surface area contributed by atoms with Crippen LogP contribution in [0.25, 0.3) is 16.6 Å². The summed E-state index contributed by atoms with van der Waals surface area (Å²) in [5.41, 5.74) is 4.47. The zero-order valence-corrected chi connectivity index (χ0v) is 19.9. The number of hydrogen-bond acceptors (Lipinski definition) is 4. The Morgan fingerprint density at radius 3 is 2.54 bits per heavy atom. The van der Waals surface area contributed by atoms with Crippen LogP contribution >= 0.6 is 0 Å². The fourth-order valence-electron chi connectivity index (χ4n) is 4.00. The summed E-state index contributed by atoms with van der Waals surface area (Å²) in [6.07, 6.45) is 3.54. The predicted molar refractivity (Wildman–Crippen MR) is 135 cm³/mol. The third-order valence-corrected chi connectivity index (χ3v) is 5.83. The van der Waals surface area contributed by atoms with Crippen molar-refractivity contribution in [1.82, 2.24) is 15.1 Å². The molecule has 4 aromatic rings. The van der Waals surface area contributed by atoms with Crippen LogP contribution in [-0.2, 0) is 4.79 Å². The molecule has 180 valence electrons. The molecule has 0 saturated heterocycles. The van der Waals surface area contributed by atoms with E-state index in [-0.39, 0.29) is 25.0 Å². The SMILES string of the molecule is CCCC(Oc1ccc(-n2cc3ccccc3n2)c(C)c1)c1ccc(C(=O)NCCC(=O)O)cc1. The standard InChI is InChI=1S/C28H29N3O4/c1-3-6-26(20-9-11-21(12-10-20)28(34)29-16-15-27(32)33)35-23-13-14-25(19(2)17-23)31-18-22-7-4-5-8-24(22)30-31/h4-5,7-14,17-18,26H,3,6,15-16H2,1-2H3,(H,29,34)(H,32,33). The van der Waals surface area contributed by atoms with Crippen molar-refractivity contribution in [1.29, 1.82) is 0 Å². The summed E-state index contributed by atoms with van der Waals surface area (Å²) >= 11 is 0. The van der Waals surface area contributed by atoms with E-state index in [0.29, 0.717) is 5.56 Å². The van der Waals surface area contributed by atoms with E-state index in [4.69, 9.17) is 9.84 Å². The highest BCUT2D eigenvalue weighted by molar-refractivity contribution is 5.94. The molecule has 3 aromatic carbocycles. The molecule has 1 atom stereocenters. The van der Waals surface area contributed by atoms with Crippen LogP contribution in [0.15, 0.2) is 72.9 Å². The van der Waals surface area contributed by atoms with Crippen molar-refractivity contribution in [2.75, 3.05) is 6.54 Å².